The number of aromatic nitrogens is 1. The van der Waals surface area contributed by atoms with E-state index in [0.717, 1.165) is 0 Å². The van der Waals surface area contributed by atoms with E-state index in [4.69, 9.17) is 21.8 Å². The number of rotatable bonds is 4. The number of nitrogens with one attached hydrogen (secondary N) is 1. The lowest BCUT2D eigenvalue weighted by molar-refractivity contribution is 0.0691. The molecule has 1 aromatic heterocycles. The molecule has 1 rings (SSSR count). The zero-order chi connectivity index (χ0) is 11.4. The standard InChI is InChI=1S/C9H11ClN2O3/c1-5(4-13)11-7-3-2-6(10)8(12-7)9(14)15/h2-3,5,13H,4H2,1H3,(H,11,12)(H,14,15). The van der Waals surface area contributed by atoms with E-state index in [9.17, 15) is 4.79 Å². The zero-order valence-corrected chi connectivity index (χ0v) is 8.82. The van der Waals surface area contributed by atoms with Gasteiger partial charge in [0.25, 0.3) is 0 Å². The Balaban J connectivity index is 2.92. The lowest BCUT2D eigenvalue weighted by Crippen LogP contribution is -2.20. The molecule has 0 aliphatic carbocycles. The van der Waals surface area contributed by atoms with Gasteiger partial charge in [0.05, 0.1) is 11.6 Å². The summed E-state index contributed by atoms with van der Waals surface area (Å²) in [6, 6.07) is 2.81. The van der Waals surface area contributed by atoms with E-state index < -0.39 is 5.97 Å². The van der Waals surface area contributed by atoms with Gasteiger partial charge in [0.2, 0.25) is 0 Å². The highest BCUT2D eigenvalue weighted by molar-refractivity contribution is 6.33. The molecule has 0 aliphatic heterocycles. The third-order valence-electron chi connectivity index (χ3n) is 1.72. The normalized spacial score (nSPS) is 12.2. The minimum atomic E-state index is -1.18. The van der Waals surface area contributed by atoms with Gasteiger partial charge < -0.3 is 15.5 Å². The topological polar surface area (TPSA) is 82.5 Å². The summed E-state index contributed by atoms with van der Waals surface area (Å²) in [5.41, 5.74) is -0.202. The van der Waals surface area contributed by atoms with Crippen LogP contribution >= 0.6 is 11.6 Å². The van der Waals surface area contributed by atoms with Crippen molar-refractivity contribution >= 4 is 23.4 Å². The van der Waals surface area contributed by atoms with E-state index >= 15 is 0 Å². The second kappa shape index (κ2) is 4.95. The summed E-state index contributed by atoms with van der Waals surface area (Å²) < 4.78 is 0. The smallest absolute Gasteiger partial charge is 0.356 e. The van der Waals surface area contributed by atoms with Gasteiger partial charge in [-0.25, -0.2) is 9.78 Å². The predicted octanol–water partition coefficient (Wildman–Crippen LogP) is 1.23. The van der Waals surface area contributed by atoms with Gasteiger partial charge in [-0.05, 0) is 19.1 Å². The Hall–Kier alpha value is -1.33. The Kier molecular flexibility index (Phi) is 3.88. The number of carboxylic acid groups (broad SMARTS) is 1. The molecule has 0 spiro atoms. The molecule has 6 heteroatoms. The van der Waals surface area contributed by atoms with Crippen LogP contribution in [-0.2, 0) is 0 Å². The summed E-state index contributed by atoms with van der Waals surface area (Å²) in [6.07, 6.45) is 0. The molecule has 0 aliphatic rings. The van der Waals surface area contributed by atoms with E-state index in [2.05, 4.69) is 10.3 Å². The van der Waals surface area contributed by atoms with Crippen molar-refractivity contribution in [2.75, 3.05) is 11.9 Å². The van der Waals surface area contributed by atoms with Gasteiger partial charge in [-0.2, -0.15) is 0 Å². The van der Waals surface area contributed by atoms with Crippen LogP contribution in [0.1, 0.15) is 17.4 Å². The molecule has 82 valence electrons. The molecule has 1 heterocycles. The molecular weight excluding hydrogens is 220 g/mol. The Bertz CT molecular complexity index is 370. The second-order valence-electron chi connectivity index (χ2n) is 3.06. The number of carboxylic acids is 1. The van der Waals surface area contributed by atoms with Gasteiger partial charge >= 0.3 is 5.97 Å². The van der Waals surface area contributed by atoms with E-state index in [1.54, 1.807) is 13.0 Å². The number of anilines is 1. The highest BCUT2D eigenvalue weighted by atomic mass is 35.5. The molecule has 0 aromatic carbocycles. The minimum absolute atomic E-state index is 0.0628. The first kappa shape index (κ1) is 11.7. The summed E-state index contributed by atoms with van der Waals surface area (Å²) in [7, 11) is 0. The van der Waals surface area contributed by atoms with Gasteiger partial charge in [-0.1, -0.05) is 11.6 Å². The maximum Gasteiger partial charge on any atom is 0.356 e. The molecule has 0 fully saturated rings. The lowest BCUT2D eigenvalue weighted by atomic mass is 10.3. The van der Waals surface area contributed by atoms with Crippen molar-refractivity contribution in [2.45, 2.75) is 13.0 Å². The van der Waals surface area contributed by atoms with Gasteiger partial charge in [0.1, 0.15) is 5.82 Å². The first-order chi connectivity index (χ1) is 7.04. The number of hydrogen-bond donors (Lipinski definition) is 3. The van der Waals surface area contributed by atoms with Crippen LogP contribution in [0.15, 0.2) is 12.1 Å². The van der Waals surface area contributed by atoms with E-state index in [1.807, 2.05) is 0 Å². The average molecular weight is 231 g/mol. The van der Waals surface area contributed by atoms with Gasteiger partial charge in [0, 0.05) is 6.04 Å². The number of aliphatic hydroxyl groups excluding tert-OH is 1. The fourth-order valence-electron chi connectivity index (χ4n) is 0.971. The van der Waals surface area contributed by atoms with Crippen LogP contribution in [0.25, 0.3) is 0 Å². The SMILES string of the molecule is CC(CO)Nc1ccc(Cl)c(C(=O)O)n1. The van der Waals surface area contributed by atoms with Crippen LogP contribution in [-0.4, -0.2) is 33.8 Å². The van der Waals surface area contributed by atoms with Crippen LogP contribution in [0, 0.1) is 0 Å². The van der Waals surface area contributed by atoms with E-state index in [0.29, 0.717) is 5.82 Å². The summed E-state index contributed by atoms with van der Waals surface area (Å²) in [5, 5.41) is 20.5. The summed E-state index contributed by atoms with van der Waals surface area (Å²) in [4.78, 5) is 14.5. The second-order valence-corrected chi connectivity index (χ2v) is 3.47. The van der Waals surface area contributed by atoms with Crippen LogP contribution in [0.5, 0.6) is 0 Å². The molecule has 1 unspecified atom stereocenters. The Morgan fingerprint density at radius 1 is 1.67 bits per heavy atom. The monoisotopic (exact) mass is 230 g/mol. The number of nitrogens with zero attached hydrogens (tertiary/aromatic N) is 1. The van der Waals surface area contributed by atoms with Crippen LogP contribution in [0.3, 0.4) is 0 Å². The molecule has 0 radical (unpaired) electrons. The largest absolute Gasteiger partial charge is 0.476 e. The number of halogens is 1. The van der Waals surface area contributed by atoms with Crippen molar-refractivity contribution in [3.05, 3.63) is 22.8 Å². The van der Waals surface area contributed by atoms with E-state index in [-0.39, 0.29) is 23.4 Å². The van der Waals surface area contributed by atoms with Gasteiger partial charge in [-0.3, -0.25) is 0 Å². The molecule has 3 N–H and O–H groups in total. The summed E-state index contributed by atoms with van der Waals surface area (Å²) >= 11 is 5.64. The Labute approximate surface area is 91.7 Å². The molecule has 15 heavy (non-hydrogen) atoms. The number of pyridine rings is 1. The molecule has 1 atom stereocenters. The molecule has 0 saturated heterocycles. The highest BCUT2D eigenvalue weighted by Crippen LogP contribution is 2.16. The van der Waals surface area contributed by atoms with Crippen LogP contribution < -0.4 is 5.32 Å². The maximum absolute atomic E-state index is 10.7. The lowest BCUT2D eigenvalue weighted by Gasteiger charge is -2.11. The zero-order valence-electron chi connectivity index (χ0n) is 8.07. The van der Waals surface area contributed by atoms with Crippen molar-refractivity contribution in [1.82, 2.24) is 4.98 Å². The first-order valence-electron chi connectivity index (χ1n) is 4.32. The molecule has 0 bridgehead atoms. The molecule has 5 nitrogen and oxygen atoms in total. The number of aromatic carboxylic acids is 1. The fourth-order valence-corrected chi connectivity index (χ4v) is 1.16. The third kappa shape index (κ3) is 3.07. The quantitative estimate of drug-likeness (QED) is 0.725. The highest BCUT2D eigenvalue weighted by Gasteiger charge is 2.12. The first-order valence-corrected chi connectivity index (χ1v) is 4.69. The predicted molar refractivity (Wildman–Crippen MR) is 56.4 cm³/mol. The Morgan fingerprint density at radius 2 is 2.33 bits per heavy atom. The number of carbonyl (C=O) groups is 1. The van der Waals surface area contributed by atoms with Crippen molar-refractivity contribution in [1.29, 1.82) is 0 Å². The molecule has 0 amide bonds. The number of aliphatic hydroxyl groups is 1. The van der Waals surface area contributed by atoms with Gasteiger partial charge in [0.15, 0.2) is 5.69 Å². The third-order valence-corrected chi connectivity index (χ3v) is 2.02. The van der Waals surface area contributed by atoms with Crippen molar-refractivity contribution in [3.63, 3.8) is 0 Å². The number of hydrogen-bond acceptors (Lipinski definition) is 4. The molecule has 1 aromatic rings. The van der Waals surface area contributed by atoms with Gasteiger partial charge in [-0.15, -0.1) is 0 Å². The average Bonchev–Trinajstić information content (AvgIpc) is 2.20. The molecule has 0 saturated carbocycles. The van der Waals surface area contributed by atoms with Crippen LogP contribution in [0.4, 0.5) is 5.82 Å². The van der Waals surface area contributed by atoms with Crippen LogP contribution in [0.2, 0.25) is 5.02 Å². The maximum atomic E-state index is 10.7. The van der Waals surface area contributed by atoms with Crippen molar-refractivity contribution in [2.24, 2.45) is 0 Å². The van der Waals surface area contributed by atoms with Crippen molar-refractivity contribution < 1.29 is 15.0 Å². The summed E-state index contributed by atoms with van der Waals surface area (Å²) in [6.45, 7) is 1.68. The van der Waals surface area contributed by atoms with Crippen molar-refractivity contribution in [3.8, 4) is 0 Å². The minimum Gasteiger partial charge on any atom is -0.476 e. The summed E-state index contributed by atoms with van der Waals surface area (Å²) in [5.74, 6) is -0.807. The Morgan fingerprint density at radius 3 is 2.87 bits per heavy atom. The van der Waals surface area contributed by atoms with E-state index in [1.165, 1.54) is 6.07 Å². The fraction of sp³-hybridized carbons (Fsp3) is 0.333. The molecular formula is C9H11ClN2O3.